The highest BCUT2D eigenvalue weighted by molar-refractivity contribution is 5.80. The lowest BCUT2D eigenvalue weighted by atomic mass is 9.99. The molecule has 1 aromatic carbocycles. The van der Waals surface area contributed by atoms with E-state index in [1.807, 2.05) is 7.05 Å². The van der Waals surface area contributed by atoms with Gasteiger partial charge in [0.05, 0.1) is 6.10 Å². The van der Waals surface area contributed by atoms with Crippen LogP contribution in [0.25, 0.3) is 0 Å². The number of rotatable bonds is 7. The highest BCUT2D eigenvalue weighted by Crippen LogP contribution is 2.20. The third-order valence-corrected chi connectivity index (χ3v) is 4.22. The van der Waals surface area contributed by atoms with Crippen molar-refractivity contribution in [1.29, 1.82) is 0 Å². The average Bonchev–Trinajstić information content (AvgIpc) is 3.00. The van der Waals surface area contributed by atoms with Gasteiger partial charge in [0, 0.05) is 33.3 Å². The van der Waals surface area contributed by atoms with Gasteiger partial charge in [-0.3, -0.25) is 4.99 Å². The van der Waals surface area contributed by atoms with Gasteiger partial charge in [0.15, 0.2) is 5.96 Å². The van der Waals surface area contributed by atoms with Gasteiger partial charge in [-0.2, -0.15) is 0 Å². The van der Waals surface area contributed by atoms with Crippen molar-refractivity contribution in [2.24, 2.45) is 10.9 Å². The normalized spacial score (nSPS) is 18.7. The number of likely N-dealkylation sites (tertiary alicyclic amines) is 1. The zero-order chi connectivity index (χ0) is 16.5. The van der Waals surface area contributed by atoms with Crippen LogP contribution in [-0.4, -0.2) is 50.3 Å². The van der Waals surface area contributed by atoms with Gasteiger partial charge < -0.3 is 15.0 Å². The number of aliphatic imine (C=N–C) groups is 1. The fourth-order valence-corrected chi connectivity index (χ4v) is 3.06. The van der Waals surface area contributed by atoms with E-state index in [-0.39, 0.29) is 0 Å². The van der Waals surface area contributed by atoms with E-state index in [0.717, 1.165) is 51.0 Å². The topological polar surface area (TPSA) is 36.9 Å². The molecule has 0 amide bonds. The summed E-state index contributed by atoms with van der Waals surface area (Å²) in [5.74, 6) is 1.75. The summed E-state index contributed by atoms with van der Waals surface area (Å²) in [6, 6.07) is 10.8. The molecule has 1 unspecified atom stereocenters. The van der Waals surface area contributed by atoms with Crippen molar-refractivity contribution < 1.29 is 4.74 Å². The van der Waals surface area contributed by atoms with E-state index in [1.54, 1.807) is 0 Å². The minimum absolute atomic E-state index is 0.312. The Morgan fingerprint density at radius 3 is 2.83 bits per heavy atom. The Bertz CT molecular complexity index is 473. The maximum Gasteiger partial charge on any atom is 0.193 e. The van der Waals surface area contributed by atoms with Gasteiger partial charge in [-0.15, -0.1) is 0 Å². The molecule has 4 heteroatoms. The number of benzene rings is 1. The van der Waals surface area contributed by atoms with Gasteiger partial charge in [0.1, 0.15) is 0 Å². The van der Waals surface area contributed by atoms with Gasteiger partial charge in [0.25, 0.3) is 0 Å². The van der Waals surface area contributed by atoms with Crippen LogP contribution < -0.4 is 5.32 Å². The predicted octanol–water partition coefficient (Wildman–Crippen LogP) is 2.94. The quantitative estimate of drug-likeness (QED) is 0.477. The maximum atomic E-state index is 5.57. The molecule has 0 radical (unpaired) electrons. The average molecular weight is 317 g/mol. The van der Waals surface area contributed by atoms with Crippen LogP contribution in [0.15, 0.2) is 35.3 Å². The molecular weight excluding hydrogens is 286 g/mol. The van der Waals surface area contributed by atoms with Gasteiger partial charge >= 0.3 is 0 Å². The number of nitrogens with zero attached hydrogens (tertiary/aromatic N) is 2. The number of hydrogen-bond acceptors (Lipinski definition) is 2. The minimum atomic E-state index is 0.312. The molecule has 23 heavy (non-hydrogen) atoms. The molecular formula is C19H31N3O. The molecule has 0 aliphatic carbocycles. The number of ether oxygens (including phenoxy) is 1. The Kier molecular flexibility index (Phi) is 7.40. The van der Waals surface area contributed by atoms with Crippen molar-refractivity contribution in [2.45, 2.75) is 39.2 Å². The summed E-state index contributed by atoms with van der Waals surface area (Å²) < 4.78 is 5.57. The molecule has 0 saturated carbocycles. The van der Waals surface area contributed by atoms with Crippen LogP contribution in [0.4, 0.5) is 0 Å². The smallest absolute Gasteiger partial charge is 0.193 e. The van der Waals surface area contributed by atoms with Gasteiger partial charge in [-0.1, -0.05) is 30.3 Å². The van der Waals surface area contributed by atoms with Crippen molar-refractivity contribution in [1.82, 2.24) is 10.2 Å². The molecule has 1 atom stereocenters. The van der Waals surface area contributed by atoms with Crippen LogP contribution in [-0.2, 0) is 11.2 Å². The van der Waals surface area contributed by atoms with E-state index in [4.69, 9.17) is 4.74 Å². The second kappa shape index (κ2) is 9.56. The van der Waals surface area contributed by atoms with Crippen molar-refractivity contribution in [3.8, 4) is 0 Å². The standard InChI is InChI=1S/C19H31N3O/c1-16(2)23-13-7-11-21-19(20-3)22-12-10-18(15-22)14-17-8-5-4-6-9-17/h4-6,8-9,16,18H,7,10-15H2,1-3H3,(H,20,21). The monoisotopic (exact) mass is 317 g/mol. The molecule has 4 nitrogen and oxygen atoms in total. The van der Waals surface area contributed by atoms with E-state index in [1.165, 1.54) is 12.0 Å². The Labute approximate surface area is 140 Å². The van der Waals surface area contributed by atoms with E-state index in [2.05, 4.69) is 59.4 Å². The van der Waals surface area contributed by atoms with Crippen molar-refractivity contribution in [3.05, 3.63) is 35.9 Å². The second-order valence-corrected chi connectivity index (χ2v) is 6.54. The Balaban J connectivity index is 1.71. The maximum absolute atomic E-state index is 5.57. The first-order chi connectivity index (χ1) is 11.2. The van der Waals surface area contributed by atoms with E-state index in [0.29, 0.717) is 6.10 Å². The molecule has 0 aromatic heterocycles. The summed E-state index contributed by atoms with van der Waals surface area (Å²) in [7, 11) is 1.87. The summed E-state index contributed by atoms with van der Waals surface area (Å²) in [5, 5.41) is 3.47. The molecule has 1 N–H and O–H groups in total. The Hall–Kier alpha value is -1.55. The first-order valence-electron chi connectivity index (χ1n) is 8.80. The second-order valence-electron chi connectivity index (χ2n) is 6.54. The fraction of sp³-hybridized carbons (Fsp3) is 0.632. The molecule has 1 aliphatic rings. The zero-order valence-electron chi connectivity index (χ0n) is 14.8. The van der Waals surface area contributed by atoms with Crippen molar-refractivity contribution in [3.63, 3.8) is 0 Å². The summed E-state index contributed by atoms with van der Waals surface area (Å²) in [6.45, 7) is 8.06. The molecule has 1 aromatic rings. The number of guanidine groups is 1. The van der Waals surface area contributed by atoms with Crippen molar-refractivity contribution >= 4 is 5.96 Å². The molecule has 0 bridgehead atoms. The van der Waals surface area contributed by atoms with Crippen LogP contribution in [0, 0.1) is 5.92 Å². The Morgan fingerprint density at radius 1 is 1.35 bits per heavy atom. The molecule has 1 heterocycles. The fourth-order valence-electron chi connectivity index (χ4n) is 3.06. The number of hydrogen-bond donors (Lipinski definition) is 1. The SMILES string of the molecule is CN=C(NCCCOC(C)C)N1CCC(Cc2ccccc2)C1. The summed E-state index contributed by atoms with van der Waals surface area (Å²) in [5.41, 5.74) is 1.44. The van der Waals surface area contributed by atoms with Crippen LogP contribution in [0.1, 0.15) is 32.3 Å². The largest absolute Gasteiger partial charge is 0.379 e. The van der Waals surface area contributed by atoms with E-state index in [9.17, 15) is 0 Å². The Morgan fingerprint density at radius 2 is 2.13 bits per heavy atom. The molecule has 1 fully saturated rings. The lowest BCUT2D eigenvalue weighted by Crippen LogP contribution is -2.40. The lowest BCUT2D eigenvalue weighted by molar-refractivity contribution is 0.0776. The van der Waals surface area contributed by atoms with Crippen LogP contribution in [0.2, 0.25) is 0 Å². The zero-order valence-corrected chi connectivity index (χ0v) is 14.8. The molecule has 2 rings (SSSR count). The molecule has 1 aliphatic heterocycles. The highest BCUT2D eigenvalue weighted by Gasteiger charge is 2.24. The van der Waals surface area contributed by atoms with E-state index >= 15 is 0 Å². The first-order valence-corrected chi connectivity index (χ1v) is 8.80. The van der Waals surface area contributed by atoms with Gasteiger partial charge in [-0.25, -0.2) is 0 Å². The molecule has 128 valence electrons. The number of nitrogens with one attached hydrogen (secondary N) is 1. The van der Waals surface area contributed by atoms with Crippen molar-refractivity contribution in [2.75, 3.05) is 33.3 Å². The van der Waals surface area contributed by atoms with Crippen LogP contribution in [0.3, 0.4) is 0 Å². The first kappa shape index (κ1) is 17.8. The van der Waals surface area contributed by atoms with Gasteiger partial charge in [0.2, 0.25) is 0 Å². The lowest BCUT2D eigenvalue weighted by Gasteiger charge is -2.22. The van der Waals surface area contributed by atoms with Crippen LogP contribution >= 0.6 is 0 Å². The summed E-state index contributed by atoms with van der Waals surface area (Å²) in [4.78, 5) is 6.82. The summed E-state index contributed by atoms with van der Waals surface area (Å²) >= 11 is 0. The summed E-state index contributed by atoms with van der Waals surface area (Å²) in [6.07, 6.45) is 3.73. The van der Waals surface area contributed by atoms with Crippen LogP contribution in [0.5, 0.6) is 0 Å². The third-order valence-electron chi connectivity index (χ3n) is 4.22. The predicted molar refractivity (Wildman–Crippen MR) is 96.9 cm³/mol. The highest BCUT2D eigenvalue weighted by atomic mass is 16.5. The molecule has 0 spiro atoms. The molecule has 1 saturated heterocycles. The van der Waals surface area contributed by atoms with Gasteiger partial charge in [-0.05, 0) is 44.6 Å². The van der Waals surface area contributed by atoms with E-state index < -0.39 is 0 Å². The third kappa shape index (κ3) is 6.22. The minimum Gasteiger partial charge on any atom is -0.379 e.